The van der Waals surface area contributed by atoms with Crippen molar-refractivity contribution in [3.8, 4) is 0 Å². The van der Waals surface area contributed by atoms with Crippen LogP contribution in [0.5, 0.6) is 0 Å². The molecule has 0 fully saturated rings. The molecular weight excluding hydrogens is 322 g/mol. The van der Waals surface area contributed by atoms with Gasteiger partial charge in [-0.05, 0) is 46.6 Å². The highest BCUT2D eigenvalue weighted by Gasteiger charge is 2.11. The summed E-state index contributed by atoms with van der Waals surface area (Å²) in [7, 11) is 0. The zero-order valence-corrected chi connectivity index (χ0v) is 12.1. The number of anilines is 1. The average molecular weight is 331 g/mol. The number of nitrogens with zero attached hydrogens (tertiary/aromatic N) is 2. The zero-order valence-electron chi connectivity index (χ0n) is 8.95. The van der Waals surface area contributed by atoms with Crippen LogP contribution >= 0.6 is 39.3 Å². The van der Waals surface area contributed by atoms with Crippen LogP contribution in [0.4, 0.5) is 5.69 Å². The number of aromatic nitrogens is 2. The first-order valence-electron chi connectivity index (χ1n) is 4.80. The van der Waals surface area contributed by atoms with E-state index in [2.05, 4.69) is 25.9 Å². The van der Waals surface area contributed by atoms with E-state index in [0.29, 0.717) is 0 Å². The van der Waals surface area contributed by atoms with Gasteiger partial charge in [0, 0.05) is 10.6 Å². The monoisotopic (exact) mass is 329 g/mol. The summed E-state index contributed by atoms with van der Waals surface area (Å²) in [6.07, 6.45) is 0. The number of aryl methyl sites for hydroxylation is 1. The Morgan fingerprint density at radius 3 is 2.71 bits per heavy atom. The Morgan fingerprint density at radius 1 is 1.29 bits per heavy atom. The van der Waals surface area contributed by atoms with E-state index in [9.17, 15) is 0 Å². The van der Waals surface area contributed by atoms with E-state index in [1.165, 1.54) is 11.8 Å². The average Bonchev–Trinajstić information content (AvgIpc) is 2.28. The number of para-hydroxylation sites is 1. The molecule has 0 spiro atoms. The van der Waals surface area contributed by atoms with Crippen LogP contribution in [0.3, 0.4) is 0 Å². The van der Waals surface area contributed by atoms with E-state index in [4.69, 9.17) is 17.3 Å². The molecule has 3 nitrogen and oxygen atoms in total. The highest BCUT2D eigenvalue weighted by atomic mass is 79.9. The van der Waals surface area contributed by atoms with Gasteiger partial charge in [0.1, 0.15) is 5.03 Å². The van der Waals surface area contributed by atoms with E-state index >= 15 is 0 Å². The van der Waals surface area contributed by atoms with Gasteiger partial charge in [-0.3, -0.25) is 0 Å². The van der Waals surface area contributed by atoms with E-state index in [1.54, 1.807) is 0 Å². The molecule has 1 aromatic carbocycles. The number of nitrogen functional groups attached to an aromatic ring is 1. The summed E-state index contributed by atoms with van der Waals surface area (Å²) in [4.78, 5) is 9.19. The Kier molecular flexibility index (Phi) is 3.91. The van der Waals surface area contributed by atoms with Crippen molar-refractivity contribution in [1.29, 1.82) is 0 Å². The fourth-order valence-electron chi connectivity index (χ4n) is 1.25. The summed E-state index contributed by atoms with van der Waals surface area (Å²) < 4.78 is 0.843. The van der Waals surface area contributed by atoms with Gasteiger partial charge in [0.25, 0.3) is 0 Å². The van der Waals surface area contributed by atoms with Crippen LogP contribution < -0.4 is 5.73 Å². The summed E-state index contributed by atoms with van der Waals surface area (Å²) in [5, 5.41) is 1.00. The minimum Gasteiger partial charge on any atom is -0.398 e. The summed E-state index contributed by atoms with van der Waals surface area (Å²) in [5.41, 5.74) is 7.41. The summed E-state index contributed by atoms with van der Waals surface area (Å²) in [6, 6.07) is 7.62. The quantitative estimate of drug-likeness (QED) is 0.515. The van der Waals surface area contributed by atoms with Crippen LogP contribution in [0.2, 0.25) is 5.28 Å². The molecule has 1 aromatic heterocycles. The van der Waals surface area contributed by atoms with Crippen molar-refractivity contribution in [2.75, 3.05) is 5.73 Å². The third-order valence-electron chi connectivity index (χ3n) is 2.08. The maximum Gasteiger partial charge on any atom is 0.223 e. The Morgan fingerprint density at radius 2 is 2.00 bits per heavy atom. The number of benzene rings is 1. The second-order valence-electron chi connectivity index (χ2n) is 3.34. The van der Waals surface area contributed by atoms with Crippen molar-refractivity contribution in [2.24, 2.45) is 0 Å². The van der Waals surface area contributed by atoms with Gasteiger partial charge >= 0.3 is 0 Å². The maximum atomic E-state index is 5.88. The highest BCUT2D eigenvalue weighted by molar-refractivity contribution is 9.10. The molecule has 0 bridgehead atoms. The van der Waals surface area contributed by atoms with Crippen LogP contribution in [0.1, 0.15) is 5.69 Å². The molecule has 0 aliphatic carbocycles. The summed E-state index contributed by atoms with van der Waals surface area (Å²) in [5.74, 6) is 0. The Hall–Kier alpha value is -0.780. The molecule has 2 aromatic rings. The van der Waals surface area contributed by atoms with Gasteiger partial charge in [-0.15, -0.1) is 0 Å². The van der Waals surface area contributed by atoms with Gasteiger partial charge < -0.3 is 5.73 Å². The first kappa shape index (κ1) is 12.7. The lowest BCUT2D eigenvalue weighted by Crippen LogP contribution is -1.93. The SMILES string of the molecule is Cc1nc(Cl)nc(Sc2ccccc2N)c1Br. The second kappa shape index (κ2) is 5.25. The lowest BCUT2D eigenvalue weighted by atomic mass is 10.3. The third-order valence-corrected chi connectivity index (χ3v) is 4.55. The molecule has 0 amide bonds. The lowest BCUT2D eigenvalue weighted by molar-refractivity contribution is 0.984. The standard InChI is InChI=1S/C11H9BrClN3S/c1-6-9(12)10(16-11(13)15-6)17-8-5-3-2-4-7(8)14/h2-5H,14H2,1H3. The van der Waals surface area contributed by atoms with Crippen LogP contribution in [-0.4, -0.2) is 9.97 Å². The molecule has 0 unspecified atom stereocenters. The topological polar surface area (TPSA) is 51.8 Å². The minimum absolute atomic E-state index is 0.239. The normalized spacial score (nSPS) is 10.5. The Bertz CT molecular complexity index is 562. The van der Waals surface area contributed by atoms with Gasteiger partial charge in [-0.1, -0.05) is 23.9 Å². The molecule has 0 saturated heterocycles. The van der Waals surface area contributed by atoms with Crippen LogP contribution in [-0.2, 0) is 0 Å². The fraction of sp³-hybridized carbons (Fsp3) is 0.0909. The lowest BCUT2D eigenvalue weighted by Gasteiger charge is -2.07. The van der Waals surface area contributed by atoms with Crippen LogP contribution in [0.25, 0.3) is 0 Å². The van der Waals surface area contributed by atoms with Crippen molar-refractivity contribution >= 4 is 45.0 Å². The van der Waals surface area contributed by atoms with Crippen molar-refractivity contribution < 1.29 is 0 Å². The molecule has 2 N–H and O–H groups in total. The number of halogens is 2. The molecule has 0 saturated carbocycles. The molecular formula is C11H9BrClN3S. The van der Waals surface area contributed by atoms with Gasteiger partial charge in [-0.25, -0.2) is 9.97 Å². The molecule has 0 atom stereocenters. The number of hydrogen-bond donors (Lipinski definition) is 1. The predicted molar refractivity (Wildman–Crippen MR) is 74.5 cm³/mol. The number of hydrogen-bond acceptors (Lipinski definition) is 4. The Labute approximate surface area is 117 Å². The number of rotatable bonds is 2. The summed E-state index contributed by atoms with van der Waals surface area (Å²) >= 11 is 10.8. The van der Waals surface area contributed by atoms with Gasteiger partial charge in [0.15, 0.2) is 0 Å². The number of nitrogens with two attached hydrogens (primary N) is 1. The summed E-state index contributed by atoms with van der Waals surface area (Å²) in [6.45, 7) is 1.87. The largest absolute Gasteiger partial charge is 0.398 e. The first-order valence-corrected chi connectivity index (χ1v) is 6.78. The molecule has 0 aliphatic heterocycles. The second-order valence-corrected chi connectivity index (χ2v) is 5.50. The van der Waals surface area contributed by atoms with Gasteiger partial charge in [0.2, 0.25) is 5.28 Å². The molecule has 6 heteroatoms. The molecule has 17 heavy (non-hydrogen) atoms. The Balaban J connectivity index is 2.40. The molecule has 0 radical (unpaired) electrons. The van der Waals surface area contributed by atoms with Crippen LogP contribution in [0.15, 0.2) is 38.7 Å². The molecule has 88 valence electrons. The molecule has 0 aliphatic rings. The third kappa shape index (κ3) is 2.91. The van der Waals surface area contributed by atoms with Crippen LogP contribution in [0, 0.1) is 6.92 Å². The van der Waals surface area contributed by atoms with E-state index < -0.39 is 0 Å². The van der Waals surface area contributed by atoms with Crippen molar-refractivity contribution in [1.82, 2.24) is 9.97 Å². The van der Waals surface area contributed by atoms with Gasteiger partial charge in [-0.2, -0.15) is 0 Å². The zero-order chi connectivity index (χ0) is 12.4. The fourth-order valence-corrected chi connectivity index (χ4v) is 2.84. The maximum absolute atomic E-state index is 5.88. The first-order chi connectivity index (χ1) is 8.08. The van der Waals surface area contributed by atoms with Gasteiger partial charge in [0.05, 0.1) is 10.2 Å². The molecule has 1 heterocycles. The van der Waals surface area contributed by atoms with E-state index in [-0.39, 0.29) is 5.28 Å². The molecule has 2 rings (SSSR count). The minimum atomic E-state index is 0.239. The highest BCUT2D eigenvalue weighted by Crippen LogP contribution is 2.36. The predicted octanol–water partition coefficient (Wildman–Crippen LogP) is 3.93. The van der Waals surface area contributed by atoms with Crippen molar-refractivity contribution in [3.05, 3.63) is 39.7 Å². The van der Waals surface area contributed by atoms with E-state index in [0.717, 1.165) is 25.8 Å². The van der Waals surface area contributed by atoms with E-state index in [1.807, 2.05) is 31.2 Å². The van der Waals surface area contributed by atoms with Crippen molar-refractivity contribution in [2.45, 2.75) is 16.8 Å². The smallest absolute Gasteiger partial charge is 0.223 e. The van der Waals surface area contributed by atoms with Crippen molar-refractivity contribution in [3.63, 3.8) is 0 Å².